The van der Waals surface area contributed by atoms with Gasteiger partial charge in [-0.1, -0.05) is 11.6 Å². The fourth-order valence-electron chi connectivity index (χ4n) is 1.76. The van der Waals surface area contributed by atoms with E-state index in [0.717, 1.165) is 18.9 Å². The van der Waals surface area contributed by atoms with E-state index in [1.165, 1.54) is 12.1 Å². The molecule has 0 spiro atoms. The summed E-state index contributed by atoms with van der Waals surface area (Å²) in [6, 6.07) is 3.37. The fourth-order valence-corrected chi connectivity index (χ4v) is 3.50. The van der Waals surface area contributed by atoms with Crippen LogP contribution >= 0.6 is 11.6 Å². The maximum Gasteiger partial charge on any atom is 0.335 e. The van der Waals surface area contributed by atoms with Crippen molar-refractivity contribution in [2.45, 2.75) is 17.7 Å². The van der Waals surface area contributed by atoms with Crippen molar-refractivity contribution in [3.8, 4) is 0 Å². The van der Waals surface area contributed by atoms with Crippen LogP contribution in [0.25, 0.3) is 0 Å². The molecule has 1 aliphatic carbocycles. The zero-order chi connectivity index (χ0) is 15.6. The van der Waals surface area contributed by atoms with Crippen LogP contribution in [-0.4, -0.2) is 37.7 Å². The molecular weight excluding hydrogens is 318 g/mol. The third kappa shape index (κ3) is 4.18. The minimum atomic E-state index is -3.98. The normalized spacial score (nSPS) is 14.7. The van der Waals surface area contributed by atoms with Gasteiger partial charge in [0.1, 0.15) is 5.75 Å². The number of hydrogen-bond acceptors (Lipinski definition) is 4. The summed E-state index contributed by atoms with van der Waals surface area (Å²) in [6.07, 6.45) is 2.08. The molecule has 0 aromatic heterocycles. The monoisotopic (exact) mass is 331 g/mol. The molecule has 2 rings (SSSR count). The molecule has 0 saturated heterocycles. The Kier molecular flexibility index (Phi) is 4.53. The number of benzene rings is 1. The molecule has 0 unspecified atom stereocenters. The lowest BCUT2D eigenvalue weighted by molar-refractivity contribution is -0.118. The number of aromatic carboxylic acids is 1. The van der Waals surface area contributed by atoms with E-state index in [9.17, 15) is 18.0 Å². The van der Waals surface area contributed by atoms with E-state index in [2.05, 4.69) is 5.32 Å². The molecule has 0 atom stereocenters. The maximum atomic E-state index is 12.2. The Hall–Kier alpha value is -1.60. The first-order valence-corrected chi connectivity index (χ1v) is 8.35. The number of carbonyl (C=O) groups is 2. The van der Waals surface area contributed by atoms with Crippen molar-refractivity contribution in [3.63, 3.8) is 0 Å². The van der Waals surface area contributed by atoms with Gasteiger partial charge in [-0.2, -0.15) is 0 Å². The van der Waals surface area contributed by atoms with Gasteiger partial charge in [0.15, 0.2) is 9.84 Å². The van der Waals surface area contributed by atoms with Gasteiger partial charge in [-0.25, -0.2) is 13.2 Å². The average Bonchev–Trinajstić information content (AvgIpc) is 3.19. The molecule has 0 radical (unpaired) electrons. The van der Waals surface area contributed by atoms with Crippen LogP contribution in [0.2, 0.25) is 5.02 Å². The Balaban J connectivity index is 2.15. The standard InChI is InChI=1S/C13H14ClNO5S/c14-10-4-3-9(13(17)18)5-11(10)21(19,20)7-12(16)15-6-8-1-2-8/h3-5,8H,1-2,6-7H2,(H,15,16)(H,17,18). The predicted octanol–water partition coefficient (Wildman–Crippen LogP) is 1.34. The lowest BCUT2D eigenvalue weighted by atomic mass is 10.2. The third-order valence-corrected chi connectivity index (χ3v) is 5.21. The molecule has 114 valence electrons. The maximum absolute atomic E-state index is 12.2. The Morgan fingerprint density at radius 1 is 1.33 bits per heavy atom. The van der Waals surface area contributed by atoms with E-state index in [4.69, 9.17) is 16.7 Å². The summed E-state index contributed by atoms with van der Waals surface area (Å²) in [5.74, 6) is -2.18. The van der Waals surface area contributed by atoms with E-state index >= 15 is 0 Å². The number of sulfone groups is 1. The van der Waals surface area contributed by atoms with Gasteiger partial charge >= 0.3 is 5.97 Å². The second kappa shape index (κ2) is 6.03. The summed E-state index contributed by atoms with van der Waals surface area (Å²) in [5.41, 5.74) is -0.198. The largest absolute Gasteiger partial charge is 0.478 e. The molecule has 1 aromatic rings. The second-order valence-electron chi connectivity index (χ2n) is 4.96. The van der Waals surface area contributed by atoms with Crippen molar-refractivity contribution in [1.82, 2.24) is 5.32 Å². The van der Waals surface area contributed by atoms with Crippen molar-refractivity contribution >= 4 is 33.3 Å². The molecule has 0 heterocycles. The highest BCUT2D eigenvalue weighted by Gasteiger charge is 2.26. The van der Waals surface area contributed by atoms with Crippen LogP contribution < -0.4 is 5.32 Å². The quantitative estimate of drug-likeness (QED) is 0.819. The molecular formula is C13H14ClNO5S. The highest BCUT2D eigenvalue weighted by Crippen LogP contribution is 2.27. The van der Waals surface area contributed by atoms with Crippen LogP contribution in [0.4, 0.5) is 0 Å². The average molecular weight is 332 g/mol. The number of hydrogen-bond donors (Lipinski definition) is 2. The topological polar surface area (TPSA) is 101 Å². The molecule has 1 aliphatic rings. The Morgan fingerprint density at radius 3 is 2.57 bits per heavy atom. The van der Waals surface area contributed by atoms with Crippen LogP contribution in [0.3, 0.4) is 0 Å². The number of nitrogens with one attached hydrogen (secondary N) is 1. The molecule has 0 bridgehead atoms. The van der Waals surface area contributed by atoms with Gasteiger partial charge in [-0.05, 0) is 37.0 Å². The number of carboxylic acid groups (broad SMARTS) is 1. The minimum absolute atomic E-state index is 0.102. The van der Waals surface area contributed by atoms with Crippen LogP contribution in [0.5, 0.6) is 0 Å². The Labute approximate surface area is 127 Å². The third-order valence-electron chi connectivity index (χ3n) is 3.12. The summed E-state index contributed by atoms with van der Waals surface area (Å²) in [5, 5.41) is 11.3. The van der Waals surface area contributed by atoms with E-state index in [1.54, 1.807) is 0 Å². The first-order valence-electron chi connectivity index (χ1n) is 6.32. The van der Waals surface area contributed by atoms with Gasteiger partial charge in [0, 0.05) is 6.54 Å². The zero-order valence-electron chi connectivity index (χ0n) is 11.0. The molecule has 21 heavy (non-hydrogen) atoms. The van der Waals surface area contributed by atoms with Crippen molar-refractivity contribution in [3.05, 3.63) is 28.8 Å². The van der Waals surface area contributed by atoms with Crippen molar-refractivity contribution < 1.29 is 23.1 Å². The van der Waals surface area contributed by atoms with E-state index in [1.807, 2.05) is 0 Å². The van der Waals surface area contributed by atoms with Gasteiger partial charge in [0.05, 0.1) is 15.5 Å². The minimum Gasteiger partial charge on any atom is -0.478 e. The number of carbonyl (C=O) groups excluding carboxylic acids is 1. The second-order valence-corrected chi connectivity index (χ2v) is 7.32. The molecule has 6 nitrogen and oxygen atoms in total. The fraction of sp³-hybridized carbons (Fsp3) is 0.385. The molecule has 2 N–H and O–H groups in total. The van der Waals surface area contributed by atoms with Gasteiger partial charge in [0.2, 0.25) is 5.91 Å². The summed E-state index contributed by atoms with van der Waals surface area (Å²) in [7, 11) is -3.98. The SMILES string of the molecule is O=C(CS(=O)(=O)c1cc(C(=O)O)ccc1Cl)NCC1CC1. The number of rotatable bonds is 6. The van der Waals surface area contributed by atoms with E-state index in [0.29, 0.717) is 12.5 Å². The Morgan fingerprint density at radius 2 is 2.00 bits per heavy atom. The first kappa shape index (κ1) is 15.8. The van der Waals surface area contributed by atoms with E-state index in [-0.39, 0.29) is 15.5 Å². The highest BCUT2D eigenvalue weighted by atomic mass is 35.5. The highest BCUT2D eigenvalue weighted by molar-refractivity contribution is 7.92. The van der Waals surface area contributed by atoms with Crippen molar-refractivity contribution in [2.24, 2.45) is 5.92 Å². The van der Waals surface area contributed by atoms with Crippen LogP contribution in [0.1, 0.15) is 23.2 Å². The van der Waals surface area contributed by atoms with Crippen molar-refractivity contribution in [2.75, 3.05) is 12.3 Å². The molecule has 1 fully saturated rings. The summed E-state index contributed by atoms with van der Waals surface area (Å²) < 4.78 is 24.3. The van der Waals surface area contributed by atoms with Gasteiger partial charge in [-0.15, -0.1) is 0 Å². The summed E-state index contributed by atoms with van der Waals surface area (Å²) in [4.78, 5) is 22.2. The van der Waals surface area contributed by atoms with Crippen LogP contribution in [0, 0.1) is 5.92 Å². The van der Waals surface area contributed by atoms with Gasteiger partial charge in [0.25, 0.3) is 0 Å². The number of carboxylic acids is 1. The smallest absolute Gasteiger partial charge is 0.335 e. The molecule has 8 heteroatoms. The van der Waals surface area contributed by atoms with Crippen LogP contribution in [-0.2, 0) is 14.6 Å². The first-order chi connectivity index (χ1) is 9.79. The van der Waals surface area contributed by atoms with Crippen molar-refractivity contribution in [1.29, 1.82) is 0 Å². The molecule has 1 saturated carbocycles. The lowest BCUT2D eigenvalue weighted by Crippen LogP contribution is -2.31. The number of halogens is 1. The molecule has 1 amide bonds. The van der Waals surface area contributed by atoms with Crippen LogP contribution in [0.15, 0.2) is 23.1 Å². The zero-order valence-corrected chi connectivity index (χ0v) is 12.6. The lowest BCUT2D eigenvalue weighted by Gasteiger charge is -2.08. The van der Waals surface area contributed by atoms with Gasteiger partial charge < -0.3 is 10.4 Å². The Bertz CT molecular complexity index is 682. The number of amides is 1. The predicted molar refractivity (Wildman–Crippen MR) is 76.2 cm³/mol. The summed E-state index contributed by atoms with van der Waals surface area (Å²) in [6.45, 7) is 0.469. The molecule has 1 aromatic carbocycles. The summed E-state index contributed by atoms with van der Waals surface area (Å²) >= 11 is 5.80. The van der Waals surface area contributed by atoms with E-state index < -0.39 is 27.5 Å². The molecule has 0 aliphatic heterocycles. The van der Waals surface area contributed by atoms with Gasteiger partial charge in [-0.3, -0.25) is 4.79 Å².